The minimum absolute atomic E-state index is 0.143. The minimum atomic E-state index is -0.418. The van der Waals surface area contributed by atoms with Crippen LogP contribution >= 0.6 is 23.2 Å². The monoisotopic (exact) mass is 388 g/mol. The highest BCUT2D eigenvalue weighted by Gasteiger charge is 2.16. The quantitative estimate of drug-likeness (QED) is 0.648. The van der Waals surface area contributed by atoms with E-state index in [1.807, 2.05) is 12.1 Å². The molecule has 1 N–H and O–H groups in total. The Kier molecular flexibility index (Phi) is 5.40. The van der Waals surface area contributed by atoms with Crippen LogP contribution in [0.15, 0.2) is 48.7 Å². The Bertz CT molecular complexity index is 985. The van der Waals surface area contributed by atoms with Crippen LogP contribution in [0.2, 0.25) is 10.0 Å². The second-order valence-corrected chi connectivity index (χ2v) is 6.37. The number of pyridine rings is 1. The summed E-state index contributed by atoms with van der Waals surface area (Å²) in [6.07, 6.45) is 1.60. The fourth-order valence-corrected chi connectivity index (χ4v) is 3.04. The smallest absolute Gasteiger partial charge is 0.302 e. The van der Waals surface area contributed by atoms with Crippen LogP contribution in [0.4, 0.5) is 5.69 Å². The number of anilines is 1. The van der Waals surface area contributed by atoms with Crippen LogP contribution in [0, 0.1) is 0 Å². The fraction of sp³-hybridized carbons (Fsp3) is 0.105. The van der Waals surface area contributed by atoms with Crippen LogP contribution in [-0.2, 0) is 16.1 Å². The molecule has 0 radical (unpaired) electrons. The van der Waals surface area contributed by atoms with Gasteiger partial charge in [0.1, 0.15) is 6.61 Å². The summed E-state index contributed by atoms with van der Waals surface area (Å²) in [5, 5.41) is 4.14. The summed E-state index contributed by atoms with van der Waals surface area (Å²) in [5.74, 6) is -0.776. The van der Waals surface area contributed by atoms with Gasteiger partial charge in [-0.2, -0.15) is 0 Å². The first-order valence-corrected chi connectivity index (χ1v) is 8.47. The predicted octanol–water partition coefficient (Wildman–Crippen LogP) is 4.86. The molecule has 0 bridgehead atoms. The molecule has 5 nitrogen and oxygen atoms in total. The van der Waals surface area contributed by atoms with E-state index in [4.69, 9.17) is 27.9 Å². The zero-order valence-electron chi connectivity index (χ0n) is 13.8. The van der Waals surface area contributed by atoms with Crippen LogP contribution in [-0.4, -0.2) is 16.9 Å². The first kappa shape index (κ1) is 18.2. The first-order chi connectivity index (χ1) is 12.5. The van der Waals surface area contributed by atoms with Gasteiger partial charge in [-0.15, -0.1) is 0 Å². The van der Waals surface area contributed by atoms with Crippen molar-refractivity contribution in [2.45, 2.75) is 13.5 Å². The van der Waals surface area contributed by atoms with Crippen molar-refractivity contribution >= 4 is 51.7 Å². The van der Waals surface area contributed by atoms with E-state index in [0.29, 0.717) is 11.2 Å². The Hall–Kier alpha value is -2.63. The summed E-state index contributed by atoms with van der Waals surface area (Å²) >= 11 is 12.2. The van der Waals surface area contributed by atoms with Gasteiger partial charge in [0.15, 0.2) is 0 Å². The lowest BCUT2D eigenvalue weighted by atomic mass is 10.1. The van der Waals surface area contributed by atoms with Crippen molar-refractivity contribution in [2.75, 3.05) is 5.32 Å². The average Bonchev–Trinajstić information content (AvgIpc) is 2.60. The molecule has 0 atom stereocenters. The highest BCUT2D eigenvalue weighted by atomic mass is 35.5. The van der Waals surface area contributed by atoms with Gasteiger partial charge in [0.25, 0.3) is 5.91 Å². The number of hydrogen-bond acceptors (Lipinski definition) is 4. The molecule has 0 aliphatic heterocycles. The van der Waals surface area contributed by atoms with E-state index in [2.05, 4.69) is 10.3 Å². The number of fused-ring (bicyclic) bond motifs is 1. The summed E-state index contributed by atoms with van der Waals surface area (Å²) in [5.41, 5.74) is 2.10. The Morgan fingerprint density at radius 3 is 2.50 bits per heavy atom. The van der Waals surface area contributed by atoms with Gasteiger partial charge in [0.05, 0.1) is 26.8 Å². The number of nitrogens with one attached hydrogen (secondary N) is 1. The number of esters is 1. The lowest BCUT2D eigenvalue weighted by molar-refractivity contribution is -0.142. The Morgan fingerprint density at radius 1 is 1.12 bits per heavy atom. The minimum Gasteiger partial charge on any atom is -0.461 e. The van der Waals surface area contributed by atoms with Gasteiger partial charge in [-0.05, 0) is 24.3 Å². The van der Waals surface area contributed by atoms with Crippen molar-refractivity contribution in [1.82, 2.24) is 4.98 Å². The number of carbonyl (C=O) groups is 2. The van der Waals surface area contributed by atoms with Crippen LogP contribution < -0.4 is 5.32 Å². The van der Waals surface area contributed by atoms with E-state index >= 15 is 0 Å². The maximum atomic E-state index is 12.6. The Labute approximate surface area is 159 Å². The number of para-hydroxylation sites is 1. The third kappa shape index (κ3) is 3.95. The summed E-state index contributed by atoms with van der Waals surface area (Å²) in [7, 11) is 0. The standard InChI is InChI=1S/C19H14Cl2N2O3/c1-11(24)26-10-12-8-13-4-2-7-16(18(13)22-9-12)23-19(25)17-14(20)5-3-6-15(17)21/h2-9H,10H2,1H3,(H,23,25). The number of benzene rings is 2. The molecule has 3 aromatic rings. The van der Waals surface area contributed by atoms with Gasteiger partial charge in [-0.25, -0.2) is 0 Å². The fourth-order valence-electron chi connectivity index (χ4n) is 2.47. The zero-order valence-corrected chi connectivity index (χ0v) is 15.3. The van der Waals surface area contributed by atoms with Crippen molar-refractivity contribution in [3.63, 3.8) is 0 Å². The highest BCUT2D eigenvalue weighted by molar-refractivity contribution is 6.40. The second kappa shape index (κ2) is 7.72. The van der Waals surface area contributed by atoms with E-state index in [-0.39, 0.29) is 28.2 Å². The SMILES string of the molecule is CC(=O)OCc1cnc2c(NC(=O)c3c(Cl)cccc3Cl)cccc2c1. The maximum Gasteiger partial charge on any atom is 0.302 e. The molecular weight excluding hydrogens is 375 g/mol. The summed E-state index contributed by atoms with van der Waals surface area (Å²) < 4.78 is 4.98. The van der Waals surface area contributed by atoms with Crippen molar-refractivity contribution in [1.29, 1.82) is 0 Å². The lowest BCUT2D eigenvalue weighted by Gasteiger charge is -2.11. The molecule has 1 amide bonds. The third-order valence-corrected chi connectivity index (χ3v) is 4.28. The van der Waals surface area contributed by atoms with Crippen molar-refractivity contribution in [3.05, 3.63) is 69.8 Å². The molecule has 0 unspecified atom stereocenters. The van der Waals surface area contributed by atoms with Gasteiger partial charge < -0.3 is 10.1 Å². The van der Waals surface area contributed by atoms with Crippen LogP contribution in [0.25, 0.3) is 10.9 Å². The number of ether oxygens (including phenoxy) is 1. The topological polar surface area (TPSA) is 68.3 Å². The molecule has 26 heavy (non-hydrogen) atoms. The van der Waals surface area contributed by atoms with E-state index in [1.165, 1.54) is 6.92 Å². The molecule has 7 heteroatoms. The molecule has 132 valence electrons. The normalized spacial score (nSPS) is 10.6. The van der Waals surface area contributed by atoms with Gasteiger partial charge in [0, 0.05) is 24.1 Å². The molecule has 0 aliphatic carbocycles. The molecule has 0 saturated heterocycles. The number of amides is 1. The van der Waals surface area contributed by atoms with Crippen LogP contribution in [0.5, 0.6) is 0 Å². The Morgan fingerprint density at radius 2 is 1.81 bits per heavy atom. The van der Waals surface area contributed by atoms with Crippen LogP contribution in [0.1, 0.15) is 22.8 Å². The summed E-state index contributed by atoms with van der Waals surface area (Å²) in [6, 6.07) is 12.1. The van der Waals surface area contributed by atoms with Gasteiger partial charge in [-0.1, -0.05) is 41.4 Å². The van der Waals surface area contributed by atoms with Crippen molar-refractivity contribution in [3.8, 4) is 0 Å². The molecule has 3 rings (SSSR count). The largest absolute Gasteiger partial charge is 0.461 e. The summed E-state index contributed by atoms with van der Waals surface area (Å²) in [4.78, 5) is 27.9. The molecule has 0 aliphatic rings. The van der Waals surface area contributed by atoms with Crippen molar-refractivity contribution < 1.29 is 14.3 Å². The number of aromatic nitrogens is 1. The number of nitrogens with zero attached hydrogens (tertiary/aromatic N) is 1. The first-order valence-electron chi connectivity index (χ1n) is 7.72. The van der Waals surface area contributed by atoms with Crippen molar-refractivity contribution in [2.24, 2.45) is 0 Å². The molecule has 2 aromatic carbocycles. The van der Waals surface area contributed by atoms with Gasteiger partial charge in [-0.3, -0.25) is 14.6 Å². The Balaban J connectivity index is 1.91. The van der Waals surface area contributed by atoms with Crippen LogP contribution in [0.3, 0.4) is 0 Å². The second-order valence-electron chi connectivity index (χ2n) is 5.55. The summed E-state index contributed by atoms with van der Waals surface area (Å²) in [6.45, 7) is 1.49. The van der Waals surface area contributed by atoms with E-state index in [9.17, 15) is 9.59 Å². The molecule has 1 heterocycles. The van der Waals surface area contributed by atoms with E-state index in [1.54, 1.807) is 36.5 Å². The maximum absolute atomic E-state index is 12.6. The predicted molar refractivity (Wildman–Crippen MR) is 102 cm³/mol. The molecule has 0 fully saturated rings. The van der Waals surface area contributed by atoms with E-state index in [0.717, 1.165) is 10.9 Å². The third-order valence-electron chi connectivity index (χ3n) is 3.65. The number of rotatable bonds is 4. The van der Waals surface area contributed by atoms with Gasteiger partial charge >= 0.3 is 5.97 Å². The number of halogens is 2. The number of carbonyl (C=O) groups excluding carboxylic acids is 2. The molecule has 0 saturated carbocycles. The molecule has 0 spiro atoms. The van der Waals surface area contributed by atoms with Gasteiger partial charge in [0.2, 0.25) is 0 Å². The van der Waals surface area contributed by atoms with E-state index < -0.39 is 5.91 Å². The number of hydrogen-bond donors (Lipinski definition) is 1. The lowest BCUT2D eigenvalue weighted by Crippen LogP contribution is -2.13. The zero-order chi connectivity index (χ0) is 18.7. The average molecular weight is 389 g/mol. The molecular formula is C19H14Cl2N2O3. The molecule has 1 aromatic heterocycles. The highest BCUT2D eigenvalue weighted by Crippen LogP contribution is 2.27.